The highest BCUT2D eigenvalue weighted by Gasteiger charge is 2.28. The summed E-state index contributed by atoms with van der Waals surface area (Å²) in [5.41, 5.74) is -1.49. The number of rotatable bonds is 4. The lowest BCUT2D eigenvalue weighted by atomic mass is 9.88. The highest BCUT2D eigenvalue weighted by Crippen LogP contribution is 2.24. The zero-order chi connectivity index (χ0) is 19.6. The zero-order valence-electron chi connectivity index (χ0n) is 14.8. The lowest BCUT2D eigenvalue weighted by molar-refractivity contribution is 0.0523. The molecule has 26 heavy (non-hydrogen) atoms. The summed E-state index contributed by atoms with van der Waals surface area (Å²) in [6.45, 7) is 6.87. The van der Waals surface area contributed by atoms with Gasteiger partial charge in [0.1, 0.15) is 11.3 Å². The van der Waals surface area contributed by atoms with Crippen molar-refractivity contribution in [3.8, 4) is 5.69 Å². The topological polar surface area (TPSA) is 78.3 Å². The van der Waals surface area contributed by atoms with Gasteiger partial charge in [0.25, 0.3) is 5.56 Å². The van der Waals surface area contributed by atoms with Crippen molar-refractivity contribution in [3.05, 3.63) is 55.9 Å². The van der Waals surface area contributed by atoms with Crippen LogP contribution in [-0.2, 0) is 4.74 Å². The first kappa shape index (κ1) is 20.1. The van der Waals surface area contributed by atoms with E-state index in [-0.39, 0.29) is 34.4 Å². The van der Waals surface area contributed by atoms with E-state index in [1.165, 1.54) is 24.3 Å². The Kier molecular flexibility index (Phi) is 5.88. The summed E-state index contributed by atoms with van der Waals surface area (Å²) in [7, 11) is 0. The van der Waals surface area contributed by atoms with Crippen LogP contribution in [-0.4, -0.2) is 28.1 Å². The summed E-state index contributed by atoms with van der Waals surface area (Å²) >= 11 is 11.9. The van der Waals surface area contributed by atoms with Crippen LogP contribution in [0.15, 0.2) is 29.1 Å². The molecule has 0 aliphatic heterocycles. The van der Waals surface area contributed by atoms with Crippen molar-refractivity contribution in [2.45, 2.75) is 27.7 Å². The number of ketones is 1. The summed E-state index contributed by atoms with van der Waals surface area (Å²) in [4.78, 5) is 37.5. The van der Waals surface area contributed by atoms with Crippen LogP contribution in [0.2, 0.25) is 10.0 Å². The molecule has 2 rings (SSSR count). The first-order valence-corrected chi connectivity index (χ1v) is 8.63. The first-order valence-electron chi connectivity index (χ1n) is 7.88. The van der Waals surface area contributed by atoms with E-state index in [9.17, 15) is 14.4 Å². The smallest absolute Gasteiger partial charge is 0.343 e. The van der Waals surface area contributed by atoms with Gasteiger partial charge in [0.15, 0.2) is 5.78 Å². The maximum atomic E-state index is 12.7. The molecule has 1 aromatic heterocycles. The fraction of sp³-hybridized carbons (Fsp3) is 0.333. The molecule has 0 N–H and O–H groups in total. The van der Waals surface area contributed by atoms with Crippen molar-refractivity contribution in [2.75, 3.05) is 6.61 Å². The van der Waals surface area contributed by atoms with Gasteiger partial charge in [-0.1, -0.05) is 44.0 Å². The summed E-state index contributed by atoms with van der Waals surface area (Å²) in [5, 5.41) is 4.64. The second-order valence-electron chi connectivity index (χ2n) is 6.56. The minimum Gasteiger partial charge on any atom is -0.462 e. The Labute approximate surface area is 160 Å². The van der Waals surface area contributed by atoms with Crippen LogP contribution in [0, 0.1) is 5.41 Å². The fourth-order valence-electron chi connectivity index (χ4n) is 2.14. The molecule has 0 atom stereocenters. The number of aromatic nitrogens is 2. The molecule has 0 aliphatic carbocycles. The Bertz CT molecular complexity index is 930. The molecule has 1 aromatic carbocycles. The van der Waals surface area contributed by atoms with Crippen molar-refractivity contribution in [3.63, 3.8) is 0 Å². The van der Waals surface area contributed by atoms with Crippen molar-refractivity contribution >= 4 is 35.0 Å². The number of ether oxygens (including phenoxy) is 1. The standard InChI is InChI=1S/C18H18Cl2N2O4/c1-5-26-17(25)11-9-14(15(23)18(2,3)4)21-22(16(11)24)10-6-7-12(19)13(20)8-10/h6-9H,5H2,1-4H3. The van der Waals surface area contributed by atoms with Gasteiger partial charge in [0, 0.05) is 5.41 Å². The van der Waals surface area contributed by atoms with Gasteiger partial charge in [0.2, 0.25) is 0 Å². The molecule has 0 amide bonds. The normalized spacial score (nSPS) is 11.3. The molecule has 0 saturated carbocycles. The largest absolute Gasteiger partial charge is 0.462 e. The molecule has 0 radical (unpaired) electrons. The summed E-state index contributed by atoms with van der Waals surface area (Å²) in [6, 6.07) is 5.61. The number of benzene rings is 1. The third-order valence-electron chi connectivity index (χ3n) is 3.47. The summed E-state index contributed by atoms with van der Waals surface area (Å²) < 4.78 is 5.88. The van der Waals surface area contributed by atoms with Crippen LogP contribution in [0.3, 0.4) is 0 Å². The number of hydrogen-bond acceptors (Lipinski definition) is 5. The Morgan fingerprint density at radius 3 is 2.35 bits per heavy atom. The number of carbonyl (C=O) groups excluding carboxylic acids is 2. The number of Topliss-reactive ketones (excluding diaryl/α,β-unsaturated/α-hetero) is 1. The van der Waals surface area contributed by atoms with E-state index in [1.807, 2.05) is 0 Å². The SMILES string of the molecule is CCOC(=O)c1cc(C(=O)C(C)(C)C)nn(-c2ccc(Cl)c(Cl)c2)c1=O. The molecule has 6 nitrogen and oxygen atoms in total. The van der Waals surface area contributed by atoms with E-state index in [0.717, 1.165) is 4.68 Å². The van der Waals surface area contributed by atoms with Crippen LogP contribution in [0.25, 0.3) is 5.69 Å². The first-order chi connectivity index (χ1) is 12.1. The molecule has 2 aromatic rings. The minimum absolute atomic E-state index is 0.0220. The molecular weight excluding hydrogens is 379 g/mol. The van der Waals surface area contributed by atoms with Crippen LogP contribution in [0.1, 0.15) is 48.5 Å². The predicted molar refractivity (Wildman–Crippen MR) is 99.6 cm³/mol. The van der Waals surface area contributed by atoms with Gasteiger partial charge in [-0.05, 0) is 31.2 Å². The number of hydrogen-bond donors (Lipinski definition) is 0. The Morgan fingerprint density at radius 1 is 1.15 bits per heavy atom. The van der Waals surface area contributed by atoms with Crippen LogP contribution >= 0.6 is 23.2 Å². The van der Waals surface area contributed by atoms with Gasteiger partial charge < -0.3 is 4.74 Å². The summed E-state index contributed by atoms with van der Waals surface area (Å²) in [5.74, 6) is -1.14. The monoisotopic (exact) mass is 396 g/mol. The lowest BCUT2D eigenvalue weighted by Crippen LogP contribution is -2.32. The zero-order valence-corrected chi connectivity index (χ0v) is 16.3. The quantitative estimate of drug-likeness (QED) is 0.577. The Hall–Kier alpha value is -2.18. The molecule has 0 aliphatic rings. The number of carbonyl (C=O) groups is 2. The second-order valence-corrected chi connectivity index (χ2v) is 7.37. The van der Waals surface area contributed by atoms with E-state index in [1.54, 1.807) is 27.7 Å². The molecule has 0 fully saturated rings. The van der Waals surface area contributed by atoms with E-state index in [2.05, 4.69) is 5.10 Å². The Balaban J connectivity index is 2.75. The summed E-state index contributed by atoms with van der Waals surface area (Å²) in [6.07, 6.45) is 0. The molecular formula is C18H18Cl2N2O4. The maximum absolute atomic E-state index is 12.7. The highest BCUT2D eigenvalue weighted by atomic mass is 35.5. The van der Waals surface area contributed by atoms with Crippen molar-refractivity contribution in [1.82, 2.24) is 9.78 Å². The number of esters is 1. The van der Waals surface area contributed by atoms with Crippen molar-refractivity contribution < 1.29 is 14.3 Å². The van der Waals surface area contributed by atoms with Crippen LogP contribution in [0.4, 0.5) is 0 Å². The molecule has 8 heteroatoms. The van der Waals surface area contributed by atoms with Gasteiger partial charge >= 0.3 is 5.97 Å². The Morgan fingerprint density at radius 2 is 1.81 bits per heavy atom. The number of halogens is 2. The molecule has 0 spiro atoms. The second kappa shape index (κ2) is 7.60. The van der Waals surface area contributed by atoms with E-state index in [4.69, 9.17) is 27.9 Å². The molecule has 1 heterocycles. The van der Waals surface area contributed by atoms with E-state index < -0.39 is 16.9 Å². The third-order valence-corrected chi connectivity index (χ3v) is 4.21. The average Bonchev–Trinajstić information content (AvgIpc) is 2.56. The van der Waals surface area contributed by atoms with Crippen molar-refractivity contribution in [2.24, 2.45) is 5.41 Å². The lowest BCUT2D eigenvalue weighted by Gasteiger charge is -2.17. The van der Waals surface area contributed by atoms with Gasteiger partial charge in [-0.2, -0.15) is 9.78 Å². The van der Waals surface area contributed by atoms with Crippen LogP contribution in [0.5, 0.6) is 0 Å². The van der Waals surface area contributed by atoms with Crippen LogP contribution < -0.4 is 5.56 Å². The highest BCUT2D eigenvalue weighted by molar-refractivity contribution is 6.42. The minimum atomic E-state index is -0.823. The maximum Gasteiger partial charge on any atom is 0.343 e. The predicted octanol–water partition coefficient (Wildman–Crippen LogP) is 3.94. The van der Waals surface area contributed by atoms with Gasteiger partial charge in [0.05, 0.1) is 22.3 Å². The molecule has 0 unspecified atom stereocenters. The van der Waals surface area contributed by atoms with E-state index >= 15 is 0 Å². The van der Waals surface area contributed by atoms with Gasteiger partial charge in [-0.3, -0.25) is 9.59 Å². The van der Waals surface area contributed by atoms with Gasteiger partial charge in [-0.15, -0.1) is 0 Å². The molecule has 0 bridgehead atoms. The third kappa shape index (κ3) is 4.14. The number of nitrogens with zero attached hydrogens (tertiary/aromatic N) is 2. The fourth-order valence-corrected chi connectivity index (χ4v) is 2.43. The van der Waals surface area contributed by atoms with Gasteiger partial charge in [-0.25, -0.2) is 4.79 Å². The van der Waals surface area contributed by atoms with Crippen molar-refractivity contribution in [1.29, 1.82) is 0 Å². The molecule has 138 valence electrons. The van der Waals surface area contributed by atoms with E-state index in [0.29, 0.717) is 5.02 Å². The average molecular weight is 397 g/mol. The molecule has 0 saturated heterocycles.